The first-order valence-electron chi connectivity index (χ1n) is 9.35. The summed E-state index contributed by atoms with van der Waals surface area (Å²) in [5, 5.41) is 8.22. The van der Waals surface area contributed by atoms with Crippen LogP contribution in [0.25, 0.3) is 11.6 Å². The predicted octanol–water partition coefficient (Wildman–Crippen LogP) is 2.60. The van der Waals surface area contributed by atoms with E-state index in [9.17, 15) is 4.79 Å². The van der Waals surface area contributed by atoms with Gasteiger partial charge < -0.3 is 23.5 Å². The highest BCUT2D eigenvalue weighted by Crippen LogP contribution is 2.35. The van der Waals surface area contributed by atoms with Crippen LogP contribution < -0.4 is 14.2 Å². The third-order valence-corrected chi connectivity index (χ3v) is 4.89. The van der Waals surface area contributed by atoms with E-state index in [2.05, 4.69) is 15.2 Å². The normalized spacial score (nSPS) is 17.5. The third-order valence-electron chi connectivity index (χ3n) is 4.89. The number of benzene rings is 1. The van der Waals surface area contributed by atoms with Crippen LogP contribution in [0.15, 0.2) is 47.0 Å². The second-order valence-corrected chi connectivity index (χ2v) is 6.71. The molecule has 0 spiro atoms. The number of nitrogens with zero attached hydrogens (tertiary/aromatic N) is 4. The van der Waals surface area contributed by atoms with Gasteiger partial charge in [-0.1, -0.05) is 6.07 Å². The lowest BCUT2D eigenvalue weighted by Gasteiger charge is -2.22. The van der Waals surface area contributed by atoms with Crippen LogP contribution >= 0.6 is 0 Å². The molecule has 1 saturated heterocycles. The average molecular weight is 394 g/mol. The summed E-state index contributed by atoms with van der Waals surface area (Å²) in [6.45, 7) is 0.727. The summed E-state index contributed by atoms with van der Waals surface area (Å²) in [4.78, 5) is 18.7. The number of amides is 1. The van der Waals surface area contributed by atoms with Crippen molar-refractivity contribution in [1.82, 2.24) is 20.1 Å². The molecule has 1 atom stereocenters. The lowest BCUT2D eigenvalue weighted by atomic mass is 10.2. The Labute approximate surface area is 166 Å². The fourth-order valence-corrected chi connectivity index (χ4v) is 3.48. The molecule has 2 aliphatic heterocycles. The highest BCUT2D eigenvalue weighted by atomic mass is 16.7. The zero-order valence-electron chi connectivity index (χ0n) is 15.5. The summed E-state index contributed by atoms with van der Waals surface area (Å²) in [7, 11) is 0. The van der Waals surface area contributed by atoms with Gasteiger partial charge in [-0.05, 0) is 37.1 Å². The van der Waals surface area contributed by atoms with E-state index in [0.717, 1.165) is 12.8 Å². The molecule has 0 N–H and O–H groups in total. The van der Waals surface area contributed by atoms with E-state index < -0.39 is 0 Å². The smallest absolute Gasteiger partial charge is 0.266 e. The molecule has 0 radical (unpaired) electrons. The predicted molar refractivity (Wildman–Crippen MR) is 99.3 cm³/mol. The minimum Gasteiger partial charge on any atom is -0.484 e. The highest BCUT2D eigenvalue weighted by Gasteiger charge is 2.34. The van der Waals surface area contributed by atoms with Crippen molar-refractivity contribution in [2.24, 2.45) is 0 Å². The van der Waals surface area contributed by atoms with Crippen LogP contribution in [0.4, 0.5) is 0 Å². The summed E-state index contributed by atoms with van der Waals surface area (Å²) in [5.74, 6) is 2.46. The Bertz CT molecular complexity index is 1020. The van der Waals surface area contributed by atoms with E-state index >= 15 is 0 Å². The van der Waals surface area contributed by atoms with Crippen molar-refractivity contribution >= 4 is 5.91 Å². The Morgan fingerprint density at radius 2 is 2.10 bits per heavy atom. The summed E-state index contributed by atoms with van der Waals surface area (Å²) in [6, 6.07) is 10.4. The van der Waals surface area contributed by atoms with Gasteiger partial charge in [0.05, 0.1) is 0 Å². The maximum absolute atomic E-state index is 12.8. The molecular formula is C20H18N4O5. The molecule has 0 saturated carbocycles. The number of aromatic nitrogens is 3. The van der Waals surface area contributed by atoms with Crippen LogP contribution in [0.5, 0.6) is 17.2 Å². The fourth-order valence-electron chi connectivity index (χ4n) is 3.48. The largest absolute Gasteiger partial charge is 0.484 e. The molecule has 9 nitrogen and oxygen atoms in total. The van der Waals surface area contributed by atoms with Crippen LogP contribution in [0, 0.1) is 0 Å². The molecule has 0 bridgehead atoms. The molecule has 5 rings (SSSR count). The minimum atomic E-state index is -0.257. The van der Waals surface area contributed by atoms with E-state index in [1.165, 1.54) is 0 Å². The summed E-state index contributed by atoms with van der Waals surface area (Å²) in [5.41, 5.74) is 0.605. The summed E-state index contributed by atoms with van der Waals surface area (Å²) >= 11 is 0. The van der Waals surface area contributed by atoms with Gasteiger partial charge in [0.25, 0.3) is 11.8 Å². The lowest BCUT2D eigenvalue weighted by molar-refractivity contribution is -0.134. The number of carbonyl (C=O) groups excluding carboxylic acids is 1. The Balaban J connectivity index is 1.26. The van der Waals surface area contributed by atoms with Crippen LogP contribution in [0.1, 0.15) is 24.8 Å². The number of pyridine rings is 1. The van der Waals surface area contributed by atoms with Crippen molar-refractivity contribution in [1.29, 1.82) is 0 Å². The molecule has 1 amide bonds. The molecule has 2 aliphatic rings. The van der Waals surface area contributed by atoms with Crippen molar-refractivity contribution < 1.29 is 23.4 Å². The van der Waals surface area contributed by atoms with Gasteiger partial charge in [0, 0.05) is 18.8 Å². The number of fused-ring (bicyclic) bond motifs is 1. The van der Waals surface area contributed by atoms with Crippen LogP contribution in [-0.4, -0.2) is 45.9 Å². The minimum absolute atomic E-state index is 0.0859. The number of hydrogen-bond donors (Lipinski definition) is 0. The monoisotopic (exact) mass is 394 g/mol. The van der Waals surface area contributed by atoms with E-state index in [0.29, 0.717) is 41.3 Å². The number of carbonyl (C=O) groups is 1. The molecule has 1 unspecified atom stereocenters. The maximum atomic E-state index is 12.8. The second-order valence-electron chi connectivity index (χ2n) is 6.71. The Hall–Kier alpha value is -3.62. The molecule has 1 fully saturated rings. The number of rotatable bonds is 5. The first-order chi connectivity index (χ1) is 14.3. The Morgan fingerprint density at radius 1 is 1.17 bits per heavy atom. The number of hydrogen-bond acceptors (Lipinski definition) is 8. The van der Waals surface area contributed by atoms with Crippen molar-refractivity contribution in [3.05, 3.63) is 48.5 Å². The van der Waals surface area contributed by atoms with E-state index in [-0.39, 0.29) is 25.3 Å². The maximum Gasteiger partial charge on any atom is 0.266 e. The highest BCUT2D eigenvalue weighted by molar-refractivity contribution is 5.78. The zero-order chi connectivity index (χ0) is 19.6. The van der Waals surface area contributed by atoms with Gasteiger partial charge in [-0.3, -0.25) is 9.78 Å². The fraction of sp³-hybridized carbons (Fsp3) is 0.300. The second kappa shape index (κ2) is 7.42. The standard InChI is InChI=1S/C20H18N4O5/c25-18(11-26-13-6-7-16-17(10-13)28-12-27-16)24-9-3-5-15(24)20-23-22-19(29-20)14-4-1-2-8-21-14/h1-2,4,6-8,10,15H,3,5,9,11-12H2. The quantitative estimate of drug-likeness (QED) is 0.651. The zero-order valence-corrected chi connectivity index (χ0v) is 15.5. The van der Waals surface area contributed by atoms with E-state index in [1.54, 1.807) is 35.4 Å². The lowest BCUT2D eigenvalue weighted by Crippen LogP contribution is -2.34. The molecule has 3 aromatic rings. The van der Waals surface area contributed by atoms with Gasteiger partial charge in [0.15, 0.2) is 18.1 Å². The summed E-state index contributed by atoms with van der Waals surface area (Å²) < 4.78 is 22.1. The molecule has 1 aromatic carbocycles. The van der Waals surface area contributed by atoms with Crippen LogP contribution in [-0.2, 0) is 4.79 Å². The Kier molecular flexibility index (Phi) is 4.47. The topological polar surface area (TPSA) is 99.8 Å². The van der Waals surface area contributed by atoms with E-state index in [4.69, 9.17) is 18.6 Å². The van der Waals surface area contributed by atoms with Gasteiger partial charge in [0.2, 0.25) is 12.7 Å². The number of likely N-dealkylation sites (tertiary alicyclic amines) is 1. The molecule has 29 heavy (non-hydrogen) atoms. The van der Waals surface area contributed by atoms with Gasteiger partial charge >= 0.3 is 0 Å². The van der Waals surface area contributed by atoms with Crippen LogP contribution in [0.3, 0.4) is 0 Å². The molecule has 9 heteroatoms. The van der Waals surface area contributed by atoms with Gasteiger partial charge in [-0.25, -0.2) is 0 Å². The molecule has 148 valence electrons. The molecule has 2 aromatic heterocycles. The van der Waals surface area contributed by atoms with Gasteiger partial charge in [-0.2, -0.15) is 0 Å². The average Bonchev–Trinajstić information content (AvgIpc) is 3.52. The third kappa shape index (κ3) is 3.46. The van der Waals surface area contributed by atoms with Crippen molar-refractivity contribution in [3.63, 3.8) is 0 Å². The van der Waals surface area contributed by atoms with Gasteiger partial charge in [-0.15, -0.1) is 10.2 Å². The summed E-state index contributed by atoms with van der Waals surface area (Å²) in [6.07, 6.45) is 3.29. The van der Waals surface area contributed by atoms with Gasteiger partial charge in [0.1, 0.15) is 17.5 Å². The van der Waals surface area contributed by atoms with Crippen molar-refractivity contribution in [2.45, 2.75) is 18.9 Å². The molecule has 0 aliphatic carbocycles. The van der Waals surface area contributed by atoms with E-state index in [1.807, 2.05) is 12.1 Å². The molecule has 4 heterocycles. The Morgan fingerprint density at radius 3 is 3.00 bits per heavy atom. The van der Waals surface area contributed by atoms with Crippen molar-refractivity contribution in [2.75, 3.05) is 19.9 Å². The first kappa shape index (κ1) is 17.5. The first-order valence-corrected chi connectivity index (χ1v) is 9.35. The molecular weight excluding hydrogens is 376 g/mol. The number of ether oxygens (including phenoxy) is 3. The van der Waals surface area contributed by atoms with Crippen molar-refractivity contribution in [3.8, 4) is 28.8 Å². The van der Waals surface area contributed by atoms with Crippen LogP contribution in [0.2, 0.25) is 0 Å². The SMILES string of the molecule is O=C(COc1ccc2c(c1)OCO2)N1CCCC1c1nnc(-c2ccccn2)o1.